The van der Waals surface area contributed by atoms with Crippen molar-refractivity contribution in [2.45, 2.75) is 20.4 Å². The maximum Gasteiger partial charge on any atom is 0.0771 e. The number of halogens is 1. The van der Waals surface area contributed by atoms with Crippen molar-refractivity contribution in [3.05, 3.63) is 70.4 Å². The summed E-state index contributed by atoms with van der Waals surface area (Å²) in [5.74, 6) is 0. The number of nitrogens with two attached hydrogens (primary N) is 1. The van der Waals surface area contributed by atoms with Crippen molar-refractivity contribution < 1.29 is 0 Å². The first-order valence-corrected chi connectivity index (χ1v) is 7.59. The molecule has 3 aromatic rings. The molecule has 0 aliphatic rings. The molecule has 0 aliphatic carbocycles. The van der Waals surface area contributed by atoms with Crippen LogP contribution < -0.4 is 5.73 Å². The number of nitrogens with zero attached hydrogens (tertiary/aromatic N) is 2. The van der Waals surface area contributed by atoms with Crippen LogP contribution in [0.4, 0.5) is 0 Å². The van der Waals surface area contributed by atoms with E-state index in [1.54, 1.807) is 0 Å². The van der Waals surface area contributed by atoms with Crippen LogP contribution in [0.3, 0.4) is 0 Å². The van der Waals surface area contributed by atoms with Crippen LogP contribution in [0.15, 0.2) is 48.5 Å². The quantitative estimate of drug-likeness (QED) is 0.785. The predicted octanol–water partition coefficient (Wildman–Crippen LogP) is 4.27. The third-order valence-corrected chi connectivity index (χ3v) is 3.94. The highest BCUT2D eigenvalue weighted by molar-refractivity contribution is 6.30. The molecule has 0 fully saturated rings. The summed E-state index contributed by atoms with van der Waals surface area (Å²) < 4.78 is 1.96. The molecule has 0 aliphatic heterocycles. The molecule has 1 aromatic heterocycles. The van der Waals surface area contributed by atoms with E-state index in [0.29, 0.717) is 6.54 Å². The van der Waals surface area contributed by atoms with Crippen LogP contribution in [0.2, 0.25) is 5.02 Å². The highest BCUT2D eigenvalue weighted by Crippen LogP contribution is 2.27. The molecule has 4 heteroatoms. The molecule has 3 nitrogen and oxygen atoms in total. The molecule has 0 unspecified atom stereocenters. The van der Waals surface area contributed by atoms with Crippen molar-refractivity contribution in [2.24, 2.45) is 5.73 Å². The zero-order valence-electron chi connectivity index (χ0n) is 12.7. The minimum Gasteiger partial charge on any atom is -0.325 e. The summed E-state index contributed by atoms with van der Waals surface area (Å²) in [7, 11) is 0. The Morgan fingerprint density at radius 3 is 2.41 bits per heavy atom. The van der Waals surface area contributed by atoms with E-state index in [2.05, 4.69) is 37.1 Å². The minimum atomic E-state index is 0.415. The Balaban J connectivity index is 2.18. The molecular weight excluding hydrogens is 294 g/mol. The van der Waals surface area contributed by atoms with Crippen molar-refractivity contribution in [1.29, 1.82) is 0 Å². The Labute approximate surface area is 135 Å². The Bertz CT molecular complexity index is 804. The lowest BCUT2D eigenvalue weighted by atomic mass is 10.1. The average Bonchev–Trinajstić information content (AvgIpc) is 2.92. The Kier molecular flexibility index (Phi) is 4.01. The normalized spacial score (nSPS) is 10.9. The van der Waals surface area contributed by atoms with E-state index >= 15 is 0 Å². The number of hydrogen-bond donors (Lipinski definition) is 1. The first-order valence-electron chi connectivity index (χ1n) is 7.21. The fraction of sp³-hybridized carbons (Fsp3) is 0.167. The fourth-order valence-corrected chi connectivity index (χ4v) is 2.71. The lowest BCUT2D eigenvalue weighted by molar-refractivity contribution is 0.833. The number of benzene rings is 2. The van der Waals surface area contributed by atoms with E-state index in [4.69, 9.17) is 17.3 Å². The van der Waals surface area contributed by atoms with Gasteiger partial charge in [-0.1, -0.05) is 41.4 Å². The van der Waals surface area contributed by atoms with Gasteiger partial charge in [-0.15, -0.1) is 0 Å². The molecule has 0 saturated heterocycles. The monoisotopic (exact) mass is 311 g/mol. The summed E-state index contributed by atoms with van der Waals surface area (Å²) >= 11 is 5.99. The van der Waals surface area contributed by atoms with E-state index in [9.17, 15) is 0 Å². The van der Waals surface area contributed by atoms with Gasteiger partial charge < -0.3 is 5.73 Å². The van der Waals surface area contributed by atoms with E-state index in [-0.39, 0.29) is 0 Å². The Morgan fingerprint density at radius 2 is 1.77 bits per heavy atom. The van der Waals surface area contributed by atoms with Crippen molar-refractivity contribution >= 4 is 11.6 Å². The summed E-state index contributed by atoms with van der Waals surface area (Å²) in [6.07, 6.45) is 0. The first-order chi connectivity index (χ1) is 10.6. The average molecular weight is 312 g/mol. The molecule has 0 saturated carbocycles. The molecule has 1 heterocycles. The maximum atomic E-state index is 5.99. The highest BCUT2D eigenvalue weighted by atomic mass is 35.5. The van der Waals surface area contributed by atoms with Crippen LogP contribution >= 0.6 is 11.6 Å². The number of rotatable bonds is 3. The van der Waals surface area contributed by atoms with Crippen molar-refractivity contribution in [1.82, 2.24) is 9.78 Å². The van der Waals surface area contributed by atoms with Gasteiger partial charge in [-0.05, 0) is 43.7 Å². The first kappa shape index (κ1) is 14.8. The fourth-order valence-electron chi connectivity index (χ4n) is 2.58. The SMILES string of the molecule is Cc1ccc(-n2nc(CN)cc2-c2ccc(Cl)cc2)c(C)c1. The molecule has 112 valence electrons. The van der Waals surface area contributed by atoms with E-state index < -0.39 is 0 Å². The molecule has 0 radical (unpaired) electrons. The third kappa shape index (κ3) is 2.78. The lowest BCUT2D eigenvalue weighted by Gasteiger charge is -2.11. The van der Waals surface area contributed by atoms with Crippen LogP contribution in [0.25, 0.3) is 16.9 Å². The topological polar surface area (TPSA) is 43.8 Å². The summed E-state index contributed by atoms with van der Waals surface area (Å²) in [6, 6.07) is 16.2. The van der Waals surface area contributed by atoms with E-state index in [1.165, 1.54) is 11.1 Å². The standard InChI is InChI=1S/C18H18ClN3/c1-12-3-8-17(13(2)9-12)22-18(10-16(11-20)21-22)14-4-6-15(19)7-5-14/h3-10H,11,20H2,1-2H3. The van der Waals surface area contributed by atoms with Gasteiger partial charge in [0.15, 0.2) is 0 Å². The number of hydrogen-bond acceptors (Lipinski definition) is 2. The van der Waals surface area contributed by atoms with Crippen molar-refractivity contribution in [3.63, 3.8) is 0 Å². The molecule has 0 atom stereocenters. The molecule has 2 aromatic carbocycles. The summed E-state index contributed by atoms with van der Waals surface area (Å²) in [5, 5.41) is 5.37. The summed E-state index contributed by atoms with van der Waals surface area (Å²) in [4.78, 5) is 0. The van der Waals surface area contributed by atoms with Gasteiger partial charge in [-0.3, -0.25) is 0 Å². The van der Waals surface area contributed by atoms with Crippen LogP contribution in [-0.2, 0) is 6.54 Å². The maximum absolute atomic E-state index is 5.99. The summed E-state index contributed by atoms with van der Waals surface area (Å²) in [5.41, 5.74) is 12.2. The predicted molar refractivity (Wildman–Crippen MR) is 91.4 cm³/mol. The molecule has 2 N–H and O–H groups in total. The van der Waals surface area contributed by atoms with E-state index in [0.717, 1.165) is 27.7 Å². The third-order valence-electron chi connectivity index (χ3n) is 3.69. The van der Waals surface area contributed by atoms with Gasteiger partial charge in [0, 0.05) is 17.1 Å². The lowest BCUT2D eigenvalue weighted by Crippen LogP contribution is -2.03. The zero-order chi connectivity index (χ0) is 15.7. The molecule has 22 heavy (non-hydrogen) atoms. The van der Waals surface area contributed by atoms with Crippen LogP contribution in [0.5, 0.6) is 0 Å². The van der Waals surface area contributed by atoms with Gasteiger partial charge in [-0.25, -0.2) is 4.68 Å². The molecule has 0 amide bonds. The molecule has 0 bridgehead atoms. The Morgan fingerprint density at radius 1 is 1.05 bits per heavy atom. The van der Waals surface area contributed by atoms with Gasteiger partial charge in [0.05, 0.1) is 17.1 Å². The summed E-state index contributed by atoms with van der Waals surface area (Å²) in [6.45, 7) is 4.60. The molecule has 3 rings (SSSR count). The second kappa shape index (κ2) is 5.95. The Hall–Kier alpha value is -2.10. The highest BCUT2D eigenvalue weighted by Gasteiger charge is 2.12. The minimum absolute atomic E-state index is 0.415. The van der Waals surface area contributed by atoms with Gasteiger partial charge in [0.2, 0.25) is 0 Å². The molecular formula is C18H18ClN3. The van der Waals surface area contributed by atoms with Crippen molar-refractivity contribution in [3.8, 4) is 16.9 Å². The zero-order valence-corrected chi connectivity index (χ0v) is 13.4. The van der Waals surface area contributed by atoms with E-state index in [1.807, 2.05) is 35.0 Å². The van der Waals surface area contributed by atoms with Gasteiger partial charge in [0.1, 0.15) is 0 Å². The van der Waals surface area contributed by atoms with Crippen LogP contribution in [0.1, 0.15) is 16.8 Å². The number of aromatic nitrogens is 2. The second-order valence-electron chi connectivity index (χ2n) is 5.43. The second-order valence-corrected chi connectivity index (χ2v) is 5.87. The van der Waals surface area contributed by atoms with Crippen LogP contribution in [-0.4, -0.2) is 9.78 Å². The van der Waals surface area contributed by atoms with Gasteiger partial charge in [-0.2, -0.15) is 5.10 Å². The van der Waals surface area contributed by atoms with Crippen LogP contribution in [0, 0.1) is 13.8 Å². The largest absolute Gasteiger partial charge is 0.325 e. The van der Waals surface area contributed by atoms with Gasteiger partial charge in [0.25, 0.3) is 0 Å². The number of aryl methyl sites for hydroxylation is 2. The van der Waals surface area contributed by atoms with Crippen molar-refractivity contribution in [2.75, 3.05) is 0 Å². The van der Waals surface area contributed by atoms with Gasteiger partial charge >= 0.3 is 0 Å². The smallest absolute Gasteiger partial charge is 0.0771 e. The molecule has 0 spiro atoms.